The largest absolute Gasteiger partial charge is 0.382 e. The Morgan fingerprint density at radius 2 is 2.12 bits per heavy atom. The average Bonchev–Trinajstić information content (AvgIpc) is 2.29. The SMILES string of the molecule is Nc1ncnc(Nc2c(F)cccc2Br)c1Cl. The van der Waals surface area contributed by atoms with Gasteiger partial charge in [-0.25, -0.2) is 14.4 Å². The smallest absolute Gasteiger partial charge is 0.154 e. The summed E-state index contributed by atoms with van der Waals surface area (Å²) in [5.74, 6) is -0.0331. The number of nitrogens with zero attached hydrogens (tertiary/aromatic N) is 2. The summed E-state index contributed by atoms with van der Waals surface area (Å²) in [6.07, 6.45) is 1.25. The first-order valence-corrected chi connectivity index (χ1v) is 5.73. The number of nitrogens with one attached hydrogen (secondary N) is 1. The van der Waals surface area contributed by atoms with Crippen molar-refractivity contribution in [1.29, 1.82) is 0 Å². The first-order valence-electron chi connectivity index (χ1n) is 4.56. The first kappa shape index (κ1) is 12.1. The van der Waals surface area contributed by atoms with Gasteiger partial charge in [-0.2, -0.15) is 0 Å². The molecule has 0 bridgehead atoms. The molecule has 1 heterocycles. The van der Waals surface area contributed by atoms with E-state index in [-0.39, 0.29) is 22.3 Å². The van der Waals surface area contributed by atoms with Gasteiger partial charge in [0, 0.05) is 4.47 Å². The molecule has 7 heteroatoms. The van der Waals surface area contributed by atoms with Crippen molar-refractivity contribution in [1.82, 2.24) is 9.97 Å². The number of nitrogen functional groups attached to an aromatic ring is 1. The molecule has 0 radical (unpaired) electrons. The molecule has 0 saturated heterocycles. The van der Waals surface area contributed by atoms with Crippen LogP contribution in [0.3, 0.4) is 0 Å². The van der Waals surface area contributed by atoms with Crippen LogP contribution in [0.5, 0.6) is 0 Å². The molecule has 4 nitrogen and oxygen atoms in total. The van der Waals surface area contributed by atoms with Crippen LogP contribution in [0.1, 0.15) is 0 Å². The van der Waals surface area contributed by atoms with Gasteiger partial charge in [-0.1, -0.05) is 17.7 Å². The molecule has 2 rings (SSSR count). The highest BCUT2D eigenvalue weighted by molar-refractivity contribution is 9.10. The minimum Gasteiger partial charge on any atom is -0.382 e. The van der Waals surface area contributed by atoms with Gasteiger partial charge in [0.2, 0.25) is 0 Å². The number of benzene rings is 1. The Morgan fingerprint density at radius 3 is 2.82 bits per heavy atom. The lowest BCUT2D eigenvalue weighted by molar-refractivity contribution is 0.631. The fourth-order valence-corrected chi connectivity index (χ4v) is 1.79. The van der Waals surface area contributed by atoms with Crippen LogP contribution >= 0.6 is 27.5 Å². The Bertz CT molecular complexity index is 544. The second kappa shape index (κ2) is 4.85. The Kier molecular flexibility index (Phi) is 3.44. The summed E-state index contributed by atoms with van der Waals surface area (Å²) in [7, 11) is 0. The fraction of sp³-hybridized carbons (Fsp3) is 0. The number of aromatic nitrogens is 2. The molecule has 3 N–H and O–H groups in total. The molecule has 0 unspecified atom stereocenters. The molecule has 88 valence electrons. The van der Waals surface area contributed by atoms with E-state index in [2.05, 4.69) is 31.2 Å². The van der Waals surface area contributed by atoms with E-state index in [0.29, 0.717) is 4.47 Å². The van der Waals surface area contributed by atoms with Crippen molar-refractivity contribution >= 4 is 44.9 Å². The zero-order valence-corrected chi connectivity index (χ0v) is 10.8. The van der Waals surface area contributed by atoms with Crippen LogP contribution in [0.4, 0.5) is 21.7 Å². The lowest BCUT2D eigenvalue weighted by Gasteiger charge is -2.10. The van der Waals surface area contributed by atoms with E-state index in [4.69, 9.17) is 17.3 Å². The maximum Gasteiger partial charge on any atom is 0.154 e. The minimum atomic E-state index is -0.423. The summed E-state index contributed by atoms with van der Waals surface area (Å²) < 4.78 is 14.1. The number of halogens is 3. The third-order valence-corrected chi connectivity index (χ3v) is 3.06. The first-order chi connectivity index (χ1) is 8.09. The zero-order chi connectivity index (χ0) is 12.4. The minimum absolute atomic E-state index is 0.136. The van der Waals surface area contributed by atoms with Crippen molar-refractivity contribution in [3.63, 3.8) is 0 Å². The molecule has 0 aliphatic rings. The topological polar surface area (TPSA) is 63.8 Å². The van der Waals surface area contributed by atoms with E-state index >= 15 is 0 Å². The highest BCUT2D eigenvalue weighted by atomic mass is 79.9. The van der Waals surface area contributed by atoms with Crippen molar-refractivity contribution < 1.29 is 4.39 Å². The number of para-hydroxylation sites is 1. The Labute approximate surface area is 110 Å². The van der Waals surface area contributed by atoms with Gasteiger partial charge in [0.15, 0.2) is 5.82 Å². The molecule has 0 aliphatic heterocycles. The molecular formula is C10H7BrClFN4. The van der Waals surface area contributed by atoms with E-state index in [1.54, 1.807) is 12.1 Å². The van der Waals surface area contributed by atoms with Crippen LogP contribution in [0.25, 0.3) is 0 Å². The van der Waals surface area contributed by atoms with Gasteiger partial charge in [0.1, 0.15) is 23.0 Å². The zero-order valence-electron chi connectivity index (χ0n) is 8.42. The summed E-state index contributed by atoms with van der Waals surface area (Å²) in [4.78, 5) is 7.61. The van der Waals surface area contributed by atoms with Gasteiger partial charge < -0.3 is 11.1 Å². The van der Waals surface area contributed by atoms with Crippen LogP contribution in [0.15, 0.2) is 29.0 Å². The molecule has 0 fully saturated rings. The monoisotopic (exact) mass is 316 g/mol. The van der Waals surface area contributed by atoms with E-state index < -0.39 is 5.82 Å². The molecule has 1 aromatic heterocycles. The molecule has 2 aromatic rings. The molecular weight excluding hydrogens is 310 g/mol. The van der Waals surface area contributed by atoms with Crippen LogP contribution < -0.4 is 11.1 Å². The average molecular weight is 318 g/mol. The second-order valence-corrected chi connectivity index (χ2v) is 4.38. The van der Waals surface area contributed by atoms with Gasteiger partial charge in [0.25, 0.3) is 0 Å². The second-order valence-electron chi connectivity index (χ2n) is 3.14. The summed E-state index contributed by atoms with van der Waals surface area (Å²) in [6.45, 7) is 0. The van der Waals surface area contributed by atoms with Crippen molar-refractivity contribution in [2.45, 2.75) is 0 Å². The number of hydrogen-bond acceptors (Lipinski definition) is 4. The van der Waals surface area contributed by atoms with E-state index in [0.717, 1.165) is 0 Å². The quantitative estimate of drug-likeness (QED) is 0.891. The molecule has 0 atom stereocenters. The van der Waals surface area contributed by atoms with Crippen molar-refractivity contribution in [2.75, 3.05) is 11.1 Å². The fourth-order valence-electron chi connectivity index (χ4n) is 1.21. The van der Waals surface area contributed by atoms with Crippen LogP contribution in [0, 0.1) is 5.82 Å². The van der Waals surface area contributed by atoms with Gasteiger partial charge in [-0.15, -0.1) is 0 Å². The van der Waals surface area contributed by atoms with Gasteiger partial charge in [0.05, 0.1) is 5.69 Å². The maximum atomic E-state index is 13.6. The predicted molar refractivity (Wildman–Crippen MR) is 68.8 cm³/mol. The molecule has 17 heavy (non-hydrogen) atoms. The third-order valence-electron chi connectivity index (χ3n) is 2.02. The number of hydrogen-bond donors (Lipinski definition) is 2. The summed E-state index contributed by atoms with van der Waals surface area (Å²) in [5, 5.41) is 2.92. The Hall–Kier alpha value is -1.40. The summed E-state index contributed by atoms with van der Waals surface area (Å²) in [5.41, 5.74) is 5.76. The Balaban J connectivity index is 2.42. The number of nitrogens with two attached hydrogens (primary N) is 1. The lowest BCUT2D eigenvalue weighted by Crippen LogP contribution is -2.01. The molecule has 0 aliphatic carbocycles. The number of anilines is 3. The molecule has 0 saturated carbocycles. The maximum absolute atomic E-state index is 13.6. The van der Waals surface area contributed by atoms with E-state index in [9.17, 15) is 4.39 Å². The van der Waals surface area contributed by atoms with Crippen molar-refractivity contribution in [2.24, 2.45) is 0 Å². The van der Waals surface area contributed by atoms with Gasteiger partial charge in [-0.3, -0.25) is 0 Å². The highest BCUT2D eigenvalue weighted by Gasteiger charge is 2.11. The normalized spacial score (nSPS) is 10.3. The van der Waals surface area contributed by atoms with Crippen LogP contribution in [0.2, 0.25) is 5.02 Å². The van der Waals surface area contributed by atoms with Gasteiger partial charge >= 0.3 is 0 Å². The van der Waals surface area contributed by atoms with E-state index in [1.165, 1.54) is 12.4 Å². The molecule has 1 aromatic carbocycles. The Morgan fingerprint density at radius 1 is 1.35 bits per heavy atom. The summed E-state index contributed by atoms with van der Waals surface area (Å²) >= 11 is 9.12. The van der Waals surface area contributed by atoms with Crippen molar-refractivity contribution in [3.05, 3.63) is 39.8 Å². The van der Waals surface area contributed by atoms with Crippen LogP contribution in [-0.4, -0.2) is 9.97 Å². The third kappa shape index (κ3) is 2.48. The van der Waals surface area contributed by atoms with Gasteiger partial charge in [-0.05, 0) is 28.1 Å². The lowest BCUT2D eigenvalue weighted by atomic mass is 10.3. The molecule has 0 amide bonds. The van der Waals surface area contributed by atoms with E-state index in [1.807, 2.05) is 0 Å². The standard InChI is InChI=1S/C10H7BrClFN4/c11-5-2-1-3-6(13)8(5)17-10-7(12)9(14)15-4-16-10/h1-4H,(H3,14,15,16,17). The van der Waals surface area contributed by atoms with Crippen LogP contribution in [-0.2, 0) is 0 Å². The molecule has 0 spiro atoms. The van der Waals surface area contributed by atoms with Crippen molar-refractivity contribution in [3.8, 4) is 0 Å². The number of rotatable bonds is 2. The predicted octanol–water partition coefficient (Wildman–Crippen LogP) is 3.36. The highest BCUT2D eigenvalue weighted by Crippen LogP contribution is 2.31. The summed E-state index contributed by atoms with van der Waals surface area (Å²) in [6, 6.07) is 4.61.